The van der Waals surface area contributed by atoms with E-state index in [1.165, 1.54) is 12.4 Å². The highest BCUT2D eigenvalue weighted by molar-refractivity contribution is 5.78. The van der Waals surface area contributed by atoms with Crippen molar-refractivity contribution >= 4 is 17.0 Å². The minimum atomic E-state index is -0.374. The Morgan fingerprint density at radius 2 is 2.17 bits per heavy atom. The second-order valence-corrected chi connectivity index (χ2v) is 3.86. The fourth-order valence-corrected chi connectivity index (χ4v) is 1.87. The second-order valence-electron chi connectivity index (χ2n) is 3.86. The Hall–Kier alpha value is -2.50. The molecule has 2 heterocycles. The van der Waals surface area contributed by atoms with Gasteiger partial charge in [-0.3, -0.25) is 0 Å². The predicted octanol–water partition coefficient (Wildman–Crippen LogP) is 1.60. The van der Waals surface area contributed by atoms with Gasteiger partial charge in [-0.1, -0.05) is 6.07 Å². The summed E-state index contributed by atoms with van der Waals surface area (Å²) in [6, 6.07) is 6.56. The summed E-state index contributed by atoms with van der Waals surface area (Å²) in [7, 11) is 0. The number of imidazole rings is 1. The van der Waals surface area contributed by atoms with Crippen molar-refractivity contribution in [2.75, 3.05) is 5.73 Å². The molecule has 0 aliphatic rings. The van der Waals surface area contributed by atoms with Gasteiger partial charge < -0.3 is 10.3 Å². The first-order valence-corrected chi connectivity index (χ1v) is 5.41. The molecule has 0 saturated heterocycles. The normalized spacial score (nSPS) is 10.9. The fourth-order valence-electron chi connectivity index (χ4n) is 1.87. The van der Waals surface area contributed by atoms with Crippen LogP contribution >= 0.6 is 0 Å². The van der Waals surface area contributed by atoms with Crippen molar-refractivity contribution in [1.29, 1.82) is 0 Å². The van der Waals surface area contributed by atoms with Crippen LogP contribution in [0.1, 0.15) is 5.69 Å². The summed E-state index contributed by atoms with van der Waals surface area (Å²) in [6.45, 7) is 0.439. The molecule has 0 saturated carbocycles. The quantitative estimate of drug-likeness (QED) is 0.742. The van der Waals surface area contributed by atoms with Gasteiger partial charge in [-0.15, -0.1) is 0 Å². The number of hydrogen-bond acceptors (Lipinski definition) is 4. The van der Waals surface area contributed by atoms with Crippen LogP contribution in [0.4, 0.5) is 10.3 Å². The average Bonchev–Trinajstić information content (AvgIpc) is 2.70. The molecule has 90 valence electrons. The Morgan fingerprint density at radius 3 is 2.94 bits per heavy atom. The third-order valence-corrected chi connectivity index (χ3v) is 2.72. The molecule has 18 heavy (non-hydrogen) atoms. The summed E-state index contributed by atoms with van der Waals surface area (Å²) in [5.41, 5.74) is 7.54. The Morgan fingerprint density at radius 1 is 1.28 bits per heavy atom. The molecule has 0 atom stereocenters. The van der Waals surface area contributed by atoms with Crippen molar-refractivity contribution in [2.45, 2.75) is 6.54 Å². The molecule has 0 fully saturated rings. The molecule has 0 radical (unpaired) electrons. The highest BCUT2D eigenvalue weighted by Gasteiger charge is 2.11. The van der Waals surface area contributed by atoms with E-state index in [2.05, 4.69) is 15.0 Å². The number of nitrogen functional groups attached to an aromatic ring is 1. The number of rotatable bonds is 2. The van der Waals surface area contributed by atoms with Crippen LogP contribution in [0.5, 0.6) is 0 Å². The number of halogens is 1. The minimum Gasteiger partial charge on any atom is -0.369 e. The zero-order chi connectivity index (χ0) is 12.5. The van der Waals surface area contributed by atoms with Crippen LogP contribution in [-0.4, -0.2) is 19.5 Å². The molecule has 6 heteroatoms. The van der Waals surface area contributed by atoms with Gasteiger partial charge in [0, 0.05) is 6.20 Å². The number of nitrogens with zero attached hydrogens (tertiary/aromatic N) is 4. The highest BCUT2D eigenvalue weighted by atomic mass is 19.1. The van der Waals surface area contributed by atoms with Gasteiger partial charge in [0.2, 0.25) is 5.95 Å². The molecule has 0 aliphatic carbocycles. The van der Waals surface area contributed by atoms with Gasteiger partial charge in [-0.05, 0) is 18.2 Å². The Labute approximate surface area is 102 Å². The van der Waals surface area contributed by atoms with Crippen molar-refractivity contribution in [2.24, 2.45) is 0 Å². The summed E-state index contributed by atoms with van der Waals surface area (Å²) < 4.78 is 15.3. The van der Waals surface area contributed by atoms with E-state index in [-0.39, 0.29) is 17.3 Å². The Bertz CT molecular complexity index is 692. The van der Waals surface area contributed by atoms with Gasteiger partial charge in [0.15, 0.2) is 5.82 Å². The second kappa shape index (κ2) is 4.06. The number of nitrogens with two attached hydrogens (primary N) is 1. The van der Waals surface area contributed by atoms with Crippen molar-refractivity contribution in [3.05, 3.63) is 48.3 Å². The third kappa shape index (κ3) is 1.67. The molecule has 2 aromatic heterocycles. The largest absolute Gasteiger partial charge is 0.369 e. The van der Waals surface area contributed by atoms with Crippen LogP contribution < -0.4 is 5.73 Å². The molecule has 1 aromatic carbocycles. The van der Waals surface area contributed by atoms with Crippen molar-refractivity contribution in [1.82, 2.24) is 19.5 Å². The van der Waals surface area contributed by atoms with E-state index in [1.54, 1.807) is 29.0 Å². The number of hydrogen-bond donors (Lipinski definition) is 1. The van der Waals surface area contributed by atoms with Gasteiger partial charge in [0.1, 0.15) is 11.8 Å². The molecule has 0 bridgehead atoms. The summed E-state index contributed by atoms with van der Waals surface area (Å²) in [4.78, 5) is 12.0. The molecular formula is C12H10FN5. The standard InChI is InChI=1S/C12H10FN5/c13-9-2-1-3-10-11(9)17-12(14)18(10)6-8-4-5-15-7-16-8/h1-5,7H,6H2,(H2,14,17). The SMILES string of the molecule is Nc1nc2c(F)cccc2n1Cc1ccncn1. The van der Waals surface area contributed by atoms with E-state index in [9.17, 15) is 4.39 Å². The number of para-hydroxylation sites is 1. The Kier molecular flexibility index (Phi) is 2.40. The predicted molar refractivity (Wildman–Crippen MR) is 65.2 cm³/mol. The number of anilines is 1. The first-order valence-electron chi connectivity index (χ1n) is 5.41. The van der Waals surface area contributed by atoms with Gasteiger partial charge in [0.25, 0.3) is 0 Å². The molecule has 0 aliphatic heterocycles. The van der Waals surface area contributed by atoms with Crippen molar-refractivity contribution in [3.8, 4) is 0 Å². The Balaban J connectivity index is 2.12. The third-order valence-electron chi connectivity index (χ3n) is 2.72. The topological polar surface area (TPSA) is 69.6 Å². The van der Waals surface area contributed by atoms with Crippen LogP contribution in [-0.2, 0) is 6.54 Å². The lowest BCUT2D eigenvalue weighted by molar-refractivity contribution is 0.637. The summed E-state index contributed by atoms with van der Waals surface area (Å²) >= 11 is 0. The lowest BCUT2D eigenvalue weighted by atomic mass is 10.3. The number of aromatic nitrogens is 4. The summed E-state index contributed by atoms with van der Waals surface area (Å²) in [5.74, 6) is -0.102. The molecule has 0 amide bonds. The fraction of sp³-hybridized carbons (Fsp3) is 0.0833. The van der Waals surface area contributed by atoms with Gasteiger partial charge in [-0.25, -0.2) is 19.3 Å². The van der Waals surface area contributed by atoms with E-state index >= 15 is 0 Å². The average molecular weight is 243 g/mol. The highest BCUT2D eigenvalue weighted by Crippen LogP contribution is 2.21. The van der Waals surface area contributed by atoms with Crippen molar-refractivity contribution < 1.29 is 4.39 Å². The van der Waals surface area contributed by atoms with E-state index in [0.29, 0.717) is 12.1 Å². The first kappa shape index (κ1) is 10.6. The van der Waals surface area contributed by atoms with Crippen LogP contribution in [0.3, 0.4) is 0 Å². The first-order chi connectivity index (χ1) is 8.75. The monoisotopic (exact) mass is 243 g/mol. The van der Waals surface area contributed by atoms with Crippen LogP contribution in [0.25, 0.3) is 11.0 Å². The molecule has 5 nitrogen and oxygen atoms in total. The zero-order valence-corrected chi connectivity index (χ0v) is 9.42. The van der Waals surface area contributed by atoms with Gasteiger partial charge in [0.05, 0.1) is 17.8 Å². The molecular weight excluding hydrogens is 233 g/mol. The van der Waals surface area contributed by atoms with Crippen molar-refractivity contribution in [3.63, 3.8) is 0 Å². The molecule has 0 spiro atoms. The van der Waals surface area contributed by atoms with Gasteiger partial charge >= 0.3 is 0 Å². The minimum absolute atomic E-state index is 0.272. The van der Waals surface area contributed by atoms with E-state index < -0.39 is 0 Å². The van der Waals surface area contributed by atoms with E-state index in [4.69, 9.17) is 5.73 Å². The molecule has 2 N–H and O–H groups in total. The smallest absolute Gasteiger partial charge is 0.201 e. The number of benzene rings is 1. The maximum atomic E-state index is 13.6. The lowest BCUT2D eigenvalue weighted by Gasteiger charge is -2.05. The number of fused-ring (bicyclic) bond motifs is 1. The van der Waals surface area contributed by atoms with Crippen LogP contribution in [0.15, 0.2) is 36.8 Å². The maximum absolute atomic E-state index is 13.6. The van der Waals surface area contributed by atoms with Crippen LogP contribution in [0.2, 0.25) is 0 Å². The summed E-state index contributed by atoms with van der Waals surface area (Å²) in [6.07, 6.45) is 3.11. The summed E-state index contributed by atoms with van der Waals surface area (Å²) in [5, 5.41) is 0. The molecule has 3 aromatic rings. The maximum Gasteiger partial charge on any atom is 0.201 e. The van der Waals surface area contributed by atoms with E-state index in [1.807, 2.05) is 0 Å². The van der Waals surface area contributed by atoms with E-state index in [0.717, 1.165) is 5.69 Å². The zero-order valence-electron chi connectivity index (χ0n) is 9.42. The molecule has 3 rings (SSSR count). The lowest BCUT2D eigenvalue weighted by Crippen LogP contribution is -2.05. The van der Waals surface area contributed by atoms with Gasteiger partial charge in [-0.2, -0.15) is 0 Å². The molecule has 0 unspecified atom stereocenters. The van der Waals surface area contributed by atoms with Crippen LogP contribution in [0, 0.1) is 5.82 Å².